The third-order valence-corrected chi connectivity index (χ3v) is 4.34. The van der Waals surface area contributed by atoms with Crippen LogP contribution in [0.1, 0.15) is 20.8 Å². The highest BCUT2D eigenvalue weighted by atomic mass is 79.9. The smallest absolute Gasteiger partial charge is 0.133 e. The third kappa shape index (κ3) is 3.42. The summed E-state index contributed by atoms with van der Waals surface area (Å²) in [5.74, 6) is 0.881. The molecule has 0 saturated carbocycles. The monoisotopic (exact) mass is 326 g/mol. The van der Waals surface area contributed by atoms with Gasteiger partial charge in [0.05, 0.1) is 11.6 Å². The Bertz CT molecular complexity index is 442. The van der Waals surface area contributed by atoms with Gasteiger partial charge in [-0.3, -0.25) is 0 Å². The van der Waals surface area contributed by atoms with Gasteiger partial charge in [-0.1, -0.05) is 20.8 Å². The van der Waals surface area contributed by atoms with Crippen LogP contribution in [0.3, 0.4) is 0 Å². The van der Waals surface area contributed by atoms with E-state index in [1.807, 2.05) is 6.07 Å². The quantitative estimate of drug-likeness (QED) is 0.902. The number of nitrogens with one attached hydrogen (secondary N) is 1. The Morgan fingerprint density at radius 3 is 2.68 bits per heavy atom. The van der Waals surface area contributed by atoms with E-state index in [-0.39, 0.29) is 5.41 Å². The van der Waals surface area contributed by atoms with Gasteiger partial charge in [0.2, 0.25) is 0 Å². The summed E-state index contributed by atoms with van der Waals surface area (Å²) < 4.78 is 6.30. The van der Waals surface area contributed by atoms with Crippen molar-refractivity contribution < 1.29 is 4.74 Å². The fourth-order valence-corrected chi connectivity index (χ4v) is 2.95. The molecule has 0 radical (unpaired) electrons. The molecule has 3 nitrogen and oxygen atoms in total. The minimum Gasteiger partial charge on any atom is -0.496 e. The van der Waals surface area contributed by atoms with Crippen molar-refractivity contribution in [1.82, 2.24) is 5.32 Å². The molecule has 0 aliphatic carbocycles. The van der Waals surface area contributed by atoms with E-state index in [1.165, 1.54) is 5.69 Å². The van der Waals surface area contributed by atoms with Crippen LogP contribution in [-0.2, 0) is 0 Å². The molecule has 1 atom stereocenters. The van der Waals surface area contributed by atoms with Gasteiger partial charge in [-0.05, 0) is 39.5 Å². The molecule has 4 heteroatoms. The molecule has 1 saturated heterocycles. The lowest BCUT2D eigenvalue weighted by Gasteiger charge is -2.41. The molecule has 19 heavy (non-hydrogen) atoms. The summed E-state index contributed by atoms with van der Waals surface area (Å²) in [6.07, 6.45) is 0. The van der Waals surface area contributed by atoms with E-state index in [4.69, 9.17) is 4.74 Å². The number of piperazine rings is 1. The van der Waals surface area contributed by atoms with Crippen LogP contribution in [0.2, 0.25) is 0 Å². The summed E-state index contributed by atoms with van der Waals surface area (Å²) in [6, 6.07) is 6.81. The van der Waals surface area contributed by atoms with Crippen molar-refractivity contribution in [3.8, 4) is 5.75 Å². The Balaban J connectivity index is 2.15. The molecule has 2 rings (SSSR count). The number of benzene rings is 1. The molecule has 1 aliphatic rings. The first kappa shape index (κ1) is 14.7. The summed E-state index contributed by atoms with van der Waals surface area (Å²) in [7, 11) is 1.69. The highest BCUT2D eigenvalue weighted by molar-refractivity contribution is 9.10. The van der Waals surface area contributed by atoms with Crippen LogP contribution < -0.4 is 15.0 Å². The first-order valence-corrected chi connectivity index (χ1v) is 7.53. The van der Waals surface area contributed by atoms with E-state index >= 15 is 0 Å². The van der Waals surface area contributed by atoms with E-state index in [9.17, 15) is 0 Å². The van der Waals surface area contributed by atoms with Crippen LogP contribution in [0.15, 0.2) is 22.7 Å². The van der Waals surface area contributed by atoms with Crippen molar-refractivity contribution in [2.24, 2.45) is 5.41 Å². The fourth-order valence-electron chi connectivity index (χ4n) is 2.42. The fraction of sp³-hybridized carbons (Fsp3) is 0.600. The number of hydrogen-bond acceptors (Lipinski definition) is 3. The van der Waals surface area contributed by atoms with Gasteiger partial charge in [-0.2, -0.15) is 0 Å². The highest BCUT2D eigenvalue weighted by Crippen LogP contribution is 2.31. The van der Waals surface area contributed by atoms with E-state index in [2.05, 4.69) is 59.1 Å². The average Bonchev–Trinajstić information content (AvgIpc) is 2.38. The molecule has 1 aromatic rings. The average molecular weight is 327 g/mol. The zero-order chi connectivity index (χ0) is 14.0. The number of ether oxygens (including phenoxy) is 1. The summed E-state index contributed by atoms with van der Waals surface area (Å²) >= 11 is 3.56. The second-order valence-corrected chi connectivity index (χ2v) is 6.99. The normalized spacial score (nSPS) is 20.5. The summed E-state index contributed by atoms with van der Waals surface area (Å²) in [4.78, 5) is 2.44. The number of hydrogen-bond donors (Lipinski definition) is 1. The first-order valence-electron chi connectivity index (χ1n) is 6.73. The van der Waals surface area contributed by atoms with Crippen molar-refractivity contribution in [3.63, 3.8) is 0 Å². The van der Waals surface area contributed by atoms with Crippen LogP contribution in [0.5, 0.6) is 5.75 Å². The maximum atomic E-state index is 5.28. The van der Waals surface area contributed by atoms with Gasteiger partial charge >= 0.3 is 0 Å². The molecule has 0 aromatic heterocycles. The molecule has 0 spiro atoms. The number of anilines is 1. The predicted molar refractivity (Wildman–Crippen MR) is 84.2 cm³/mol. The zero-order valence-corrected chi connectivity index (χ0v) is 13.8. The van der Waals surface area contributed by atoms with Gasteiger partial charge in [0.1, 0.15) is 5.75 Å². The van der Waals surface area contributed by atoms with Crippen molar-refractivity contribution >= 4 is 21.6 Å². The van der Waals surface area contributed by atoms with Crippen molar-refractivity contribution in [2.75, 3.05) is 31.6 Å². The molecule has 1 aliphatic heterocycles. The molecular formula is C15H23BrN2O. The highest BCUT2D eigenvalue weighted by Gasteiger charge is 2.29. The minimum absolute atomic E-state index is 0.280. The van der Waals surface area contributed by atoms with Crippen molar-refractivity contribution in [3.05, 3.63) is 22.7 Å². The van der Waals surface area contributed by atoms with Gasteiger partial charge in [0.15, 0.2) is 0 Å². The minimum atomic E-state index is 0.280. The van der Waals surface area contributed by atoms with Crippen LogP contribution >= 0.6 is 15.9 Å². The van der Waals surface area contributed by atoms with E-state index < -0.39 is 0 Å². The number of methoxy groups -OCH3 is 1. The van der Waals surface area contributed by atoms with Gasteiger partial charge in [0, 0.05) is 31.4 Å². The van der Waals surface area contributed by atoms with Crippen molar-refractivity contribution in [1.29, 1.82) is 0 Å². The SMILES string of the molecule is COc1ccc(N2CCNC(C(C)(C)C)C2)cc1Br. The second kappa shape index (κ2) is 5.71. The lowest BCUT2D eigenvalue weighted by Crippen LogP contribution is -2.56. The molecule has 1 fully saturated rings. The van der Waals surface area contributed by atoms with Gasteiger partial charge < -0.3 is 15.0 Å². The maximum Gasteiger partial charge on any atom is 0.133 e. The van der Waals surface area contributed by atoms with E-state index in [0.29, 0.717) is 6.04 Å². The van der Waals surface area contributed by atoms with E-state index in [0.717, 1.165) is 29.9 Å². The van der Waals surface area contributed by atoms with Gasteiger partial charge in [-0.25, -0.2) is 0 Å². The number of halogens is 1. The molecule has 1 unspecified atom stereocenters. The van der Waals surface area contributed by atoms with E-state index in [1.54, 1.807) is 7.11 Å². The number of rotatable bonds is 2. The lowest BCUT2D eigenvalue weighted by molar-refractivity contribution is 0.254. The van der Waals surface area contributed by atoms with Crippen molar-refractivity contribution in [2.45, 2.75) is 26.8 Å². The summed E-state index contributed by atoms with van der Waals surface area (Å²) in [6.45, 7) is 9.99. The summed E-state index contributed by atoms with van der Waals surface area (Å²) in [5, 5.41) is 3.62. The predicted octanol–water partition coefficient (Wildman–Crippen LogP) is 3.28. The second-order valence-electron chi connectivity index (χ2n) is 6.14. The molecule has 1 aromatic carbocycles. The molecule has 0 amide bonds. The Kier molecular flexibility index (Phi) is 4.41. The van der Waals surface area contributed by atoms with Crippen LogP contribution in [-0.4, -0.2) is 32.8 Å². The lowest BCUT2D eigenvalue weighted by atomic mass is 9.85. The molecular weight excluding hydrogens is 304 g/mol. The standard InChI is InChI=1S/C15H23BrN2O/c1-15(2,3)14-10-18(8-7-17-14)11-5-6-13(19-4)12(16)9-11/h5-6,9,14,17H,7-8,10H2,1-4H3. The van der Waals surface area contributed by atoms with Gasteiger partial charge in [0.25, 0.3) is 0 Å². The maximum absolute atomic E-state index is 5.28. The Morgan fingerprint density at radius 2 is 2.11 bits per heavy atom. The van der Waals surface area contributed by atoms with Crippen LogP contribution in [0.4, 0.5) is 5.69 Å². The molecule has 1 heterocycles. The Morgan fingerprint density at radius 1 is 1.37 bits per heavy atom. The summed E-state index contributed by atoms with van der Waals surface area (Å²) in [5.41, 5.74) is 1.53. The molecule has 0 bridgehead atoms. The zero-order valence-electron chi connectivity index (χ0n) is 12.2. The molecule has 1 N–H and O–H groups in total. The van der Waals surface area contributed by atoms with Crippen LogP contribution in [0.25, 0.3) is 0 Å². The van der Waals surface area contributed by atoms with Gasteiger partial charge in [-0.15, -0.1) is 0 Å². The topological polar surface area (TPSA) is 24.5 Å². The Hall–Kier alpha value is -0.740. The Labute approximate surface area is 124 Å². The first-order chi connectivity index (χ1) is 8.91. The number of nitrogens with zero attached hydrogens (tertiary/aromatic N) is 1. The van der Waals surface area contributed by atoms with Crippen LogP contribution in [0, 0.1) is 5.41 Å². The molecule has 106 valence electrons. The third-order valence-electron chi connectivity index (χ3n) is 3.72. The largest absolute Gasteiger partial charge is 0.496 e.